The second-order valence-corrected chi connectivity index (χ2v) is 6.28. The van der Waals surface area contributed by atoms with E-state index in [9.17, 15) is 4.79 Å². The van der Waals surface area contributed by atoms with Crippen molar-refractivity contribution >= 4 is 11.6 Å². The molecule has 5 nitrogen and oxygen atoms in total. The van der Waals surface area contributed by atoms with Crippen molar-refractivity contribution in [1.82, 2.24) is 0 Å². The van der Waals surface area contributed by atoms with Gasteiger partial charge in [0.25, 0.3) is 5.91 Å². The van der Waals surface area contributed by atoms with Crippen molar-refractivity contribution in [3.05, 3.63) is 89.0 Å². The molecule has 0 aliphatic rings. The van der Waals surface area contributed by atoms with Crippen LogP contribution in [0.5, 0.6) is 11.5 Å². The van der Waals surface area contributed by atoms with E-state index in [0.717, 1.165) is 16.8 Å². The van der Waals surface area contributed by atoms with Crippen LogP contribution in [0.15, 0.2) is 66.7 Å². The molecule has 3 aromatic rings. The number of nitrogens with zero attached hydrogens (tertiary/aromatic N) is 1. The van der Waals surface area contributed by atoms with Crippen LogP contribution in [0.1, 0.15) is 27.0 Å². The van der Waals surface area contributed by atoms with Crippen LogP contribution in [0.3, 0.4) is 0 Å². The van der Waals surface area contributed by atoms with E-state index in [2.05, 4.69) is 11.4 Å². The van der Waals surface area contributed by atoms with Crippen molar-refractivity contribution in [1.29, 1.82) is 5.26 Å². The van der Waals surface area contributed by atoms with Gasteiger partial charge in [0.1, 0.15) is 6.61 Å². The maximum absolute atomic E-state index is 12.5. The van der Waals surface area contributed by atoms with E-state index in [1.807, 2.05) is 43.3 Å². The molecule has 140 valence electrons. The average molecular weight is 372 g/mol. The molecule has 0 heterocycles. The lowest BCUT2D eigenvalue weighted by Gasteiger charge is -2.12. The van der Waals surface area contributed by atoms with E-state index in [0.29, 0.717) is 29.2 Å². The normalized spacial score (nSPS) is 10.0. The summed E-state index contributed by atoms with van der Waals surface area (Å²) in [5.74, 6) is 0.796. The summed E-state index contributed by atoms with van der Waals surface area (Å²) < 4.78 is 11.2. The highest BCUT2D eigenvalue weighted by Gasteiger charge is 2.12. The van der Waals surface area contributed by atoms with Gasteiger partial charge >= 0.3 is 0 Å². The number of methoxy groups -OCH3 is 1. The zero-order chi connectivity index (χ0) is 19.9. The smallest absolute Gasteiger partial charge is 0.255 e. The molecule has 0 bridgehead atoms. The molecule has 0 aliphatic heterocycles. The molecule has 28 heavy (non-hydrogen) atoms. The summed E-state index contributed by atoms with van der Waals surface area (Å²) in [6, 6.07) is 21.9. The number of nitriles is 1. The zero-order valence-electron chi connectivity index (χ0n) is 15.7. The maximum atomic E-state index is 12.5. The average Bonchev–Trinajstić information content (AvgIpc) is 2.74. The number of nitrogens with one attached hydrogen (secondary N) is 1. The number of amides is 1. The number of ether oxygens (including phenoxy) is 2. The Morgan fingerprint density at radius 1 is 1.00 bits per heavy atom. The van der Waals surface area contributed by atoms with Crippen LogP contribution in [0, 0.1) is 18.3 Å². The molecular formula is C23H20N2O3. The molecule has 0 atom stereocenters. The molecule has 0 fully saturated rings. The van der Waals surface area contributed by atoms with Crippen molar-refractivity contribution in [2.24, 2.45) is 0 Å². The Hall–Kier alpha value is -3.78. The number of benzene rings is 3. The molecule has 3 rings (SSSR count). The third-order valence-electron chi connectivity index (χ3n) is 4.21. The van der Waals surface area contributed by atoms with E-state index in [-0.39, 0.29) is 5.91 Å². The van der Waals surface area contributed by atoms with Gasteiger partial charge in [0.2, 0.25) is 0 Å². The first-order chi connectivity index (χ1) is 13.6. The van der Waals surface area contributed by atoms with Crippen LogP contribution in [0.25, 0.3) is 0 Å². The zero-order valence-corrected chi connectivity index (χ0v) is 15.7. The molecular weight excluding hydrogens is 352 g/mol. The quantitative estimate of drug-likeness (QED) is 0.680. The summed E-state index contributed by atoms with van der Waals surface area (Å²) >= 11 is 0. The number of rotatable bonds is 6. The van der Waals surface area contributed by atoms with E-state index in [1.54, 1.807) is 30.3 Å². The standard InChI is InChI=1S/C23H20N2O3/c1-16-3-10-20(11-4-16)25-23(26)19-9-12-21(22(13-19)27-2)28-15-18-7-5-17(14-24)6-8-18/h3-13H,15H2,1-2H3,(H,25,26). The Bertz CT molecular complexity index is 1000. The van der Waals surface area contributed by atoms with E-state index in [1.165, 1.54) is 7.11 Å². The lowest BCUT2D eigenvalue weighted by atomic mass is 10.1. The topological polar surface area (TPSA) is 71.3 Å². The number of anilines is 1. The number of hydrogen-bond donors (Lipinski definition) is 1. The number of carbonyl (C=O) groups is 1. The molecule has 0 aromatic heterocycles. The molecule has 0 saturated carbocycles. The Morgan fingerprint density at radius 2 is 1.71 bits per heavy atom. The second-order valence-electron chi connectivity index (χ2n) is 6.28. The summed E-state index contributed by atoms with van der Waals surface area (Å²) in [4.78, 5) is 12.5. The van der Waals surface area contributed by atoms with Crippen LogP contribution >= 0.6 is 0 Å². The molecule has 0 saturated heterocycles. The number of carbonyl (C=O) groups excluding carboxylic acids is 1. The first kappa shape index (κ1) is 19.0. The second kappa shape index (κ2) is 8.74. The fourth-order valence-electron chi connectivity index (χ4n) is 2.60. The number of hydrogen-bond acceptors (Lipinski definition) is 4. The van der Waals surface area contributed by atoms with Gasteiger partial charge in [0.05, 0.1) is 18.7 Å². The predicted molar refractivity (Wildman–Crippen MR) is 108 cm³/mol. The van der Waals surface area contributed by atoms with Gasteiger partial charge in [0.15, 0.2) is 11.5 Å². The van der Waals surface area contributed by atoms with Gasteiger partial charge < -0.3 is 14.8 Å². The van der Waals surface area contributed by atoms with Gasteiger partial charge in [-0.05, 0) is 55.0 Å². The minimum atomic E-state index is -0.221. The Morgan fingerprint density at radius 3 is 2.36 bits per heavy atom. The van der Waals surface area contributed by atoms with Crippen molar-refractivity contribution in [2.75, 3.05) is 12.4 Å². The van der Waals surface area contributed by atoms with Gasteiger partial charge in [-0.2, -0.15) is 5.26 Å². The lowest BCUT2D eigenvalue weighted by Crippen LogP contribution is -2.12. The van der Waals surface area contributed by atoms with E-state index >= 15 is 0 Å². The summed E-state index contributed by atoms with van der Waals surface area (Å²) in [5.41, 5.74) is 3.87. The summed E-state index contributed by atoms with van der Waals surface area (Å²) in [7, 11) is 1.53. The van der Waals surface area contributed by atoms with Gasteiger partial charge in [-0.1, -0.05) is 29.8 Å². The summed E-state index contributed by atoms with van der Waals surface area (Å²) in [6.45, 7) is 2.32. The Labute approximate surface area is 164 Å². The minimum Gasteiger partial charge on any atom is -0.493 e. The molecule has 0 radical (unpaired) electrons. The van der Waals surface area contributed by atoms with Crippen molar-refractivity contribution in [2.45, 2.75) is 13.5 Å². The fraction of sp³-hybridized carbons (Fsp3) is 0.130. The van der Waals surface area contributed by atoms with Crippen LogP contribution in [-0.2, 0) is 6.61 Å². The molecule has 0 spiro atoms. The van der Waals surface area contributed by atoms with Crippen molar-refractivity contribution in [3.63, 3.8) is 0 Å². The fourth-order valence-corrected chi connectivity index (χ4v) is 2.60. The lowest BCUT2D eigenvalue weighted by molar-refractivity contribution is 0.102. The highest BCUT2D eigenvalue weighted by Crippen LogP contribution is 2.29. The van der Waals surface area contributed by atoms with Gasteiger partial charge in [-0.3, -0.25) is 4.79 Å². The van der Waals surface area contributed by atoms with Gasteiger partial charge in [-0.25, -0.2) is 0 Å². The molecule has 0 aliphatic carbocycles. The first-order valence-corrected chi connectivity index (χ1v) is 8.77. The van der Waals surface area contributed by atoms with Crippen LogP contribution < -0.4 is 14.8 Å². The highest BCUT2D eigenvalue weighted by atomic mass is 16.5. The van der Waals surface area contributed by atoms with Crippen LogP contribution in [0.4, 0.5) is 5.69 Å². The molecule has 1 amide bonds. The van der Waals surface area contributed by atoms with Crippen LogP contribution in [-0.4, -0.2) is 13.0 Å². The molecule has 0 unspecified atom stereocenters. The predicted octanol–water partition coefficient (Wildman–Crippen LogP) is 4.71. The SMILES string of the molecule is COc1cc(C(=O)Nc2ccc(C)cc2)ccc1OCc1ccc(C#N)cc1. The molecule has 3 aromatic carbocycles. The highest BCUT2D eigenvalue weighted by molar-refractivity contribution is 6.04. The Balaban J connectivity index is 1.69. The van der Waals surface area contributed by atoms with E-state index < -0.39 is 0 Å². The van der Waals surface area contributed by atoms with Crippen molar-refractivity contribution in [3.8, 4) is 17.6 Å². The number of aryl methyl sites for hydroxylation is 1. The largest absolute Gasteiger partial charge is 0.493 e. The third-order valence-corrected chi connectivity index (χ3v) is 4.21. The first-order valence-electron chi connectivity index (χ1n) is 8.77. The Kier molecular flexibility index (Phi) is 5.93. The van der Waals surface area contributed by atoms with Gasteiger partial charge in [-0.15, -0.1) is 0 Å². The minimum absolute atomic E-state index is 0.221. The summed E-state index contributed by atoms with van der Waals surface area (Å²) in [5, 5.41) is 11.7. The maximum Gasteiger partial charge on any atom is 0.255 e. The van der Waals surface area contributed by atoms with Gasteiger partial charge in [0, 0.05) is 11.3 Å². The molecule has 1 N–H and O–H groups in total. The monoisotopic (exact) mass is 372 g/mol. The summed E-state index contributed by atoms with van der Waals surface area (Å²) in [6.07, 6.45) is 0. The van der Waals surface area contributed by atoms with E-state index in [4.69, 9.17) is 14.7 Å². The van der Waals surface area contributed by atoms with Crippen molar-refractivity contribution < 1.29 is 14.3 Å². The third kappa shape index (κ3) is 4.68. The van der Waals surface area contributed by atoms with Crippen LogP contribution in [0.2, 0.25) is 0 Å². The molecule has 5 heteroatoms.